The molecule has 438 valence electrons. The van der Waals surface area contributed by atoms with Gasteiger partial charge in [-0.15, -0.1) is 12.4 Å². The van der Waals surface area contributed by atoms with Crippen molar-refractivity contribution >= 4 is 24.2 Å². The zero-order valence-electron chi connectivity index (χ0n) is 45.7. The van der Waals surface area contributed by atoms with Crippen molar-refractivity contribution in [1.82, 2.24) is 16.0 Å². The van der Waals surface area contributed by atoms with Crippen LogP contribution in [-0.2, 0) is 0 Å². The third-order valence-corrected chi connectivity index (χ3v) is 15.2. The molecule has 0 bridgehead atoms. The van der Waals surface area contributed by atoms with Gasteiger partial charge in [-0.3, -0.25) is 5.32 Å². The first-order chi connectivity index (χ1) is 40.2. The lowest BCUT2D eigenvalue weighted by Crippen LogP contribution is -2.38. The summed E-state index contributed by atoms with van der Waals surface area (Å²) in [5.74, 6) is 8.36. The molecule has 7 aromatic carbocycles. The quantitative estimate of drug-likeness (QED) is 0.0739. The van der Waals surface area contributed by atoms with E-state index in [0.29, 0.717) is 61.0 Å². The SMILES string of the molecule is Cl.Fc1ccc([C@@H]2CCNC[C@H]2COc2ccc3c(c2)OCO3)cc1.Fc1ccc([C@@H]2CCNC[C@H]2COc2ccc3c(c2)OCO3)cc1.Fc1ccc([C@@H]2CCNC[C@H]2COc2ccc3c(c2)OCO3)cc1.O=C(O)Nc1ccccc1. The zero-order valence-corrected chi connectivity index (χ0v) is 46.5. The minimum absolute atomic E-state index is 0. The Balaban J connectivity index is 0.000000137. The number of nitrogens with one attached hydrogen (secondary N) is 4. The molecule has 15 nitrogen and oxygen atoms in total. The fraction of sp³-hybridized carbons (Fsp3) is 0.328. The first-order valence-corrected chi connectivity index (χ1v) is 27.7. The summed E-state index contributed by atoms with van der Waals surface area (Å²) in [6, 6.07) is 46.2. The molecule has 0 spiro atoms. The number of fused-ring (bicyclic) bond motifs is 3. The summed E-state index contributed by atoms with van der Waals surface area (Å²) in [4.78, 5) is 10.1. The highest BCUT2D eigenvalue weighted by Gasteiger charge is 2.30. The molecule has 1 amide bonds. The van der Waals surface area contributed by atoms with E-state index in [0.717, 1.165) is 110 Å². The van der Waals surface area contributed by atoms with Crippen molar-refractivity contribution in [1.29, 1.82) is 0 Å². The van der Waals surface area contributed by atoms with Crippen LogP contribution in [0.5, 0.6) is 51.7 Å². The lowest BCUT2D eigenvalue weighted by molar-refractivity contribution is 0.173. The average Bonchev–Trinajstić information content (AvgIpc) is 4.36. The normalized spacial score (nSPS) is 20.5. The maximum absolute atomic E-state index is 13.2. The molecule has 5 N–H and O–H groups in total. The van der Waals surface area contributed by atoms with Gasteiger partial charge in [-0.25, -0.2) is 18.0 Å². The molecule has 0 aliphatic carbocycles. The molecule has 6 aliphatic rings. The topological polar surface area (TPSA) is 168 Å². The first-order valence-electron chi connectivity index (χ1n) is 27.7. The van der Waals surface area contributed by atoms with Crippen LogP contribution in [0.15, 0.2) is 158 Å². The van der Waals surface area contributed by atoms with Crippen molar-refractivity contribution in [3.8, 4) is 51.7 Å². The van der Waals surface area contributed by atoms with Gasteiger partial charge >= 0.3 is 6.09 Å². The van der Waals surface area contributed by atoms with Crippen molar-refractivity contribution in [2.45, 2.75) is 37.0 Å². The van der Waals surface area contributed by atoms with Crippen LogP contribution in [0.3, 0.4) is 0 Å². The lowest BCUT2D eigenvalue weighted by atomic mass is 9.81. The number of anilines is 1. The molecule has 3 saturated heterocycles. The van der Waals surface area contributed by atoms with Gasteiger partial charge in [0.15, 0.2) is 34.5 Å². The summed E-state index contributed by atoms with van der Waals surface area (Å²) < 4.78 is 89.6. The summed E-state index contributed by atoms with van der Waals surface area (Å²) in [7, 11) is 0. The number of halogens is 4. The molecule has 6 aliphatic heterocycles. The van der Waals surface area contributed by atoms with Gasteiger partial charge in [-0.1, -0.05) is 54.6 Å². The van der Waals surface area contributed by atoms with E-state index in [1.807, 2.05) is 97.1 Å². The minimum Gasteiger partial charge on any atom is -0.493 e. The molecule has 7 aromatic rings. The fourth-order valence-corrected chi connectivity index (χ4v) is 10.9. The van der Waals surface area contributed by atoms with Crippen LogP contribution in [0.1, 0.15) is 53.7 Å². The van der Waals surface area contributed by atoms with Crippen LogP contribution in [0, 0.1) is 35.2 Å². The second kappa shape index (κ2) is 29.8. The maximum atomic E-state index is 13.2. The predicted octanol–water partition coefficient (Wildman–Crippen LogP) is 12.2. The number of rotatable bonds is 13. The monoisotopic (exact) mass is 1160 g/mol. The second-order valence-corrected chi connectivity index (χ2v) is 20.5. The number of hydrogen-bond acceptors (Lipinski definition) is 13. The first kappa shape index (κ1) is 59.6. The Hall–Kier alpha value is -8.03. The standard InChI is InChI=1S/3C19H20FNO3.C7H7NO2.ClH/c3*20-15-3-1-13(2-4-15)17-7-8-21-10-14(17)11-22-16-5-6-18-19(9-16)24-12-23-18;9-7(10)8-6-4-2-1-3-5-6;/h3*1-6,9,14,17,21H,7-8,10-12H2;1-5,8H,(H,9,10);1H/t3*14-,17-;;/m000../s1. The van der Waals surface area contributed by atoms with E-state index >= 15 is 0 Å². The smallest absolute Gasteiger partial charge is 0.409 e. The highest BCUT2D eigenvalue weighted by Crippen LogP contribution is 2.40. The molecular formula is C64H68ClF3N4O11. The van der Waals surface area contributed by atoms with Crippen molar-refractivity contribution in [2.75, 3.05) is 84.8 Å². The van der Waals surface area contributed by atoms with Crippen LogP contribution in [0.25, 0.3) is 0 Å². The third-order valence-electron chi connectivity index (χ3n) is 15.2. The Morgan fingerprint density at radius 2 is 0.759 bits per heavy atom. The largest absolute Gasteiger partial charge is 0.493 e. The van der Waals surface area contributed by atoms with Crippen LogP contribution in [0.2, 0.25) is 0 Å². The van der Waals surface area contributed by atoms with Gasteiger partial charge in [0, 0.05) is 61.3 Å². The minimum atomic E-state index is -1.04. The van der Waals surface area contributed by atoms with Gasteiger partial charge in [0.05, 0.1) is 19.8 Å². The van der Waals surface area contributed by atoms with Gasteiger partial charge in [-0.2, -0.15) is 0 Å². The summed E-state index contributed by atoms with van der Waals surface area (Å²) >= 11 is 0. The summed E-state index contributed by atoms with van der Waals surface area (Å²) in [5.41, 5.74) is 4.13. The number of carboxylic acid groups (broad SMARTS) is 1. The van der Waals surface area contributed by atoms with E-state index in [-0.39, 0.29) is 50.2 Å². The number of carbonyl (C=O) groups is 1. The van der Waals surface area contributed by atoms with Gasteiger partial charge < -0.3 is 63.7 Å². The second-order valence-electron chi connectivity index (χ2n) is 20.5. The van der Waals surface area contributed by atoms with Crippen molar-refractivity contribution < 1.29 is 65.7 Å². The molecule has 0 saturated carbocycles. The van der Waals surface area contributed by atoms with E-state index < -0.39 is 6.09 Å². The molecule has 3 fully saturated rings. The molecule has 0 unspecified atom stereocenters. The third kappa shape index (κ3) is 16.8. The van der Waals surface area contributed by atoms with E-state index in [9.17, 15) is 18.0 Å². The van der Waals surface area contributed by atoms with E-state index in [1.54, 1.807) is 24.3 Å². The molecule has 19 heteroatoms. The van der Waals surface area contributed by atoms with Crippen LogP contribution in [-0.4, -0.2) is 90.7 Å². The number of piperidine rings is 3. The van der Waals surface area contributed by atoms with Crippen molar-refractivity contribution in [3.05, 3.63) is 192 Å². The van der Waals surface area contributed by atoms with Gasteiger partial charge in [0.25, 0.3) is 0 Å². The molecule has 0 radical (unpaired) electrons. The molecule has 83 heavy (non-hydrogen) atoms. The summed E-state index contributed by atoms with van der Waals surface area (Å²) in [5, 5.41) is 20.8. The number of benzene rings is 7. The zero-order chi connectivity index (χ0) is 56.5. The average molecular weight is 1160 g/mol. The van der Waals surface area contributed by atoms with E-state index in [4.69, 9.17) is 47.7 Å². The van der Waals surface area contributed by atoms with Gasteiger partial charge in [0.2, 0.25) is 20.4 Å². The predicted molar refractivity (Wildman–Crippen MR) is 310 cm³/mol. The number of ether oxygens (including phenoxy) is 9. The highest BCUT2D eigenvalue weighted by molar-refractivity contribution is 5.85. The summed E-state index contributed by atoms with van der Waals surface area (Å²) in [6.07, 6.45) is 2.05. The number of amides is 1. The Morgan fingerprint density at radius 1 is 0.446 bits per heavy atom. The van der Waals surface area contributed by atoms with Crippen molar-refractivity contribution in [2.24, 2.45) is 17.8 Å². The lowest BCUT2D eigenvalue weighted by Gasteiger charge is -2.32. The molecule has 6 atom stereocenters. The van der Waals surface area contributed by atoms with Crippen LogP contribution < -0.4 is 63.9 Å². The summed E-state index contributed by atoms with van der Waals surface area (Å²) in [6.45, 7) is 8.21. The maximum Gasteiger partial charge on any atom is 0.409 e. The van der Waals surface area contributed by atoms with Crippen molar-refractivity contribution in [3.63, 3.8) is 0 Å². The molecular weight excluding hydrogens is 1090 g/mol. The van der Waals surface area contributed by atoms with E-state index in [1.165, 1.54) is 53.1 Å². The number of para-hydroxylation sites is 1. The number of hydrogen-bond donors (Lipinski definition) is 5. The fourth-order valence-electron chi connectivity index (χ4n) is 10.9. The Morgan fingerprint density at radius 3 is 1.07 bits per heavy atom. The highest BCUT2D eigenvalue weighted by atomic mass is 35.5. The Bertz CT molecular complexity index is 2860. The Labute approximate surface area is 487 Å². The Kier molecular flexibility index (Phi) is 21.4. The molecule has 6 heterocycles. The van der Waals surface area contributed by atoms with Gasteiger partial charge in [0.1, 0.15) is 34.7 Å². The van der Waals surface area contributed by atoms with Crippen LogP contribution >= 0.6 is 12.4 Å². The van der Waals surface area contributed by atoms with Gasteiger partial charge in [-0.05, 0) is 158 Å². The van der Waals surface area contributed by atoms with E-state index in [2.05, 4.69) is 21.3 Å². The molecule has 13 rings (SSSR count). The van der Waals surface area contributed by atoms with Crippen LogP contribution in [0.4, 0.5) is 23.7 Å². The molecule has 0 aromatic heterocycles.